The van der Waals surface area contributed by atoms with E-state index in [2.05, 4.69) is 19.8 Å². The molecule has 6 heteroatoms. The first-order valence-corrected chi connectivity index (χ1v) is 7.32. The van der Waals surface area contributed by atoms with Crippen LogP contribution in [0.3, 0.4) is 0 Å². The Bertz CT molecular complexity index is 416. The van der Waals surface area contributed by atoms with E-state index >= 15 is 0 Å². The number of aromatic nitrogens is 2. The monoisotopic (exact) mass is 281 g/mol. The summed E-state index contributed by atoms with van der Waals surface area (Å²) in [5, 5.41) is 0.588. The Morgan fingerprint density at radius 3 is 2.47 bits per heavy atom. The quantitative estimate of drug-likeness (QED) is 0.881. The predicted octanol–water partition coefficient (Wildman–Crippen LogP) is 1.13. The minimum Gasteiger partial charge on any atom is -0.339 e. The molecular formula is C13H20ClN5. The average Bonchev–Trinajstić information content (AvgIpc) is 2.90. The molecule has 3 heterocycles. The van der Waals surface area contributed by atoms with Crippen molar-refractivity contribution in [2.24, 2.45) is 5.73 Å². The van der Waals surface area contributed by atoms with Crippen molar-refractivity contribution in [2.75, 3.05) is 31.1 Å². The van der Waals surface area contributed by atoms with Gasteiger partial charge in [0.15, 0.2) is 0 Å². The summed E-state index contributed by atoms with van der Waals surface area (Å²) in [4.78, 5) is 13.4. The molecule has 1 aromatic rings. The highest BCUT2D eigenvalue weighted by Gasteiger charge is 2.30. The third-order valence-electron chi connectivity index (χ3n) is 4.14. The number of piperidine rings is 1. The number of halogens is 1. The lowest BCUT2D eigenvalue weighted by molar-refractivity contribution is 0.163. The van der Waals surface area contributed by atoms with Crippen LogP contribution in [0.25, 0.3) is 0 Å². The van der Waals surface area contributed by atoms with Crippen LogP contribution in [0.1, 0.15) is 19.3 Å². The van der Waals surface area contributed by atoms with Crippen LogP contribution in [-0.4, -0.2) is 53.1 Å². The molecule has 0 radical (unpaired) electrons. The smallest absolute Gasteiger partial charge is 0.225 e. The zero-order valence-electron chi connectivity index (χ0n) is 11.0. The standard InChI is InChI=1S/C13H20ClN5/c14-10-7-16-13(17-8-10)19-6-3-12(9-19)18-4-1-11(15)2-5-18/h7-8,11-12H,1-6,9,15H2. The molecule has 2 aliphatic heterocycles. The molecule has 0 saturated carbocycles. The van der Waals surface area contributed by atoms with E-state index in [1.807, 2.05) is 0 Å². The summed E-state index contributed by atoms with van der Waals surface area (Å²) in [5.74, 6) is 0.792. The molecule has 0 amide bonds. The second-order valence-electron chi connectivity index (χ2n) is 5.46. The molecule has 2 aliphatic rings. The van der Waals surface area contributed by atoms with Crippen LogP contribution in [0.5, 0.6) is 0 Å². The number of nitrogens with two attached hydrogens (primary N) is 1. The minimum absolute atomic E-state index is 0.397. The summed E-state index contributed by atoms with van der Waals surface area (Å²) in [5.41, 5.74) is 5.96. The topological polar surface area (TPSA) is 58.3 Å². The van der Waals surface area contributed by atoms with Crippen molar-refractivity contribution < 1.29 is 0 Å². The Morgan fingerprint density at radius 1 is 1.11 bits per heavy atom. The molecular weight excluding hydrogens is 262 g/mol. The lowest BCUT2D eigenvalue weighted by Crippen LogP contribution is -2.46. The Labute approximate surface area is 118 Å². The fourth-order valence-electron chi connectivity index (χ4n) is 2.97. The van der Waals surface area contributed by atoms with Crippen molar-refractivity contribution in [1.29, 1.82) is 0 Å². The van der Waals surface area contributed by atoms with Crippen LogP contribution >= 0.6 is 11.6 Å². The summed E-state index contributed by atoms with van der Waals surface area (Å²) < 4.78 is 0. The molecule has 0 aromatic carbocycles. The van der Waals surface area contributed by atoms with Crippen LogP contribution in [0.2, 0.25) is 5.02 Å². The third kappa shape index (κ3) is 2.99. The van der Waals surface area contributed by atoms with Gasteiger partial charge >= 0.3 is 0 Å². The summed E-state index contributed by atoms with van der Waals surface area (Å²) in [6.07, 6.45) is 6.75. The van der Waals surface area contributed by atoms with Crippen LogP contribution in [0.15, 0.2) is 12.4 Å². The van der Waals surface area contributed by atoms with E-state index in [4.69, 9.17) is 17.3 Å². The molecule has 19 heavy (non-hydrogen) atoms. The largest absolute Gasteiger partial charge is 0.339 e. The van der Waals surface area contributed by atoms with Gasteiger partial charge in [0.25, 0.3) is 0 Å². The van der Waals surface area contributed by atoms with Crippen LogP contribution in [-0.2, 0) is 0 Å². The van der Waals surface area contributed by atoms with Gasteiger partial charge in [0.2, 0.25) is 5.95 Å². The SMILES string of the molecule is NC1CCN(C2CCN(c3ncc(Cl)cn3)C2)CC1. The van der Waals surface area contributed by atoms with Crippen molar-refractivity contribution in [2.45, 2.75) is 31.3 Å². The predicted molar refractivity (Wildman–Crippen MR) is 76.4 cm³/mol. The van der Waals surface area contributed by atoms with E-state index < -0.39 is 0 Å². The second kappa shape index (κ2) is 5.61. The summed E-state index contributed by atoms with van der Waals surface area (Å²) in [6, 6.07) is 1.01. The first-order chi connectivity index (χ1) is 9.22. The van der Waals surface area contributed by atoms with Gasteiger partial charge in [0.05, 0.1) is 17.4 Å². The zero-order chi connectivity index (χ0) is 13.2. The van der Waals surface area contributed by atoms with Gasteiger partial charge in [0, 0.05) is 25.2 Å². The first-order valence-electron chi connectivity index (χ1n) is 6.94. The van der Waals surface area contributed by atoms with E-state index in [9.17, 15) is 0 Å². The fraction of sp³-hybridized carbons (Fsp3) is 0.692. The van der Waals surface area contributed by atoms with Gasteiger partial charge in [-0.15, -0.1) is 0 Å². The van der Waals surface area contributed by atoms with Gasteiger partial charge in [-0.05, 0) is 32.4 Å². The van der Waals surface area contributed by atoms with Crippen molar-refractivity contribution in [3.8, 4) is 0 Å². The molecule has 0 bridgehead atoms. The number of hydrogen-bond donors (Lipinski definition) is 1. The molecule has 0 spiro atoms. The Kier molecular flexibility index (Phi) is 3.86. The maximum Gasteiger partial charge on any atom is 0.225 e. The van der Waals surface area contributed by atoms with Gasteiger partial charge in [-0.3, -0.25) is 4.90 Å². The maximum atomic E-state index is 5.96. The van der Waals surface area contributed by atoms with Crippen molar-refractivity contribution in [3.05, 3.63) is 17.4 Å². The Hall–Kier alpha value is -0.910. The molecule has 2 N–H and O–H groups in total. The highest BCUT2D eigenvalue weighted by atomic mass is 35.5. The highest BCUT2D eigenvalue weighted by Crippen LogP contribution is 2.22. The van der Waals surface area contributed by atoms with Crippen LogP contribution < -0.4 is 10.6 Å². The Morgan fingerprint density at radius 2 is 1.79 bits per heavy atom. The summed E-state index contributed by atoms with van der Waals surface area (Å²) in [7, 11) is 0. The van der Waals surface area contributed by atoms with Gasteiger partial charge in [-0.2, -0.15) is 0 Å². The first kappa shape index (κ1) is 13.1. The number of likely N-dealkylation sites (tertiary alicyclic amines) is 1. The second-order valence-corrected chi connectivity index (χ2v) is 5.90. The summed E-state index contributed by atoms with van der Waals surface area (Å²) in [6.45, 7) is 4.29. The van der Waals surface area contributed by atoms with E-state index in [1.54, 1.807) is 12.4 Å². The molecule has 104 valence electrons. The molecule has 3 rings (SSSR count). The normalized spacial score (nSPS) is 26.0. The lowest BCUT2D eigenvalue weighted by Gasteiger charge is -2.34. The number of rotatable bonds is 2. The number of hydrogen-bond acceptors (Lipinski definition) is 5. The third-order valence-corrected chi connectivity index (χ3v) is 4.34. The van der Waals surface area contributed by atoms with Crippen molar-refractivity contribution >= 4 is 17.5 Å². The van der Waals surface area contributed by atoms with Gasteiger partial charge in [-0.1, -0.05) is 11.6 Å². The molecule has 1 atom stereocenters. The Balaban J connectivity index is 1.59. The van der Waals surface area contributed by atoms with E-state index in [-0.39, 0.29) is 0 Å². The molecule has 2 fully saturated rings. The van der Waals surface area contributed by atoms with E-state index in [1.165, 1.54) is 6.42 Å². The van der Waals surface area contributed by atoms with E-state index in [0.29, 0.717) is 17.1 Å². The van der Waals surface area contributed by atoms with Crippen LogP contribution in [0, 0.1) is 0 Å². The molecule has 1 unspecified atom stereocenters. The van der Waals surface area contributed by atoms with Crippen LogP contribution in [0.4, 0.5) is 5.95 Å². The summed E-state index contributed by atoms with van der Waals surface area (Å²) >= 11 is 5.82. The maximum absolute atomic E-state index is 5.96. The molecule has 2 saturated heterocycles. The highest BCUT2D eigenvalue weighted by molar-refractivity contribution is 6.30. The van der Waals surface area contributed by atoms with E-state index in [0.717, 1.165) is 45.0 Å². The minimum atomic E-state index is 0.397. The molecule has 0 aliphatic carbocycles. The van der Waals surface area contributed by atoms with Crippen molar-refractivity contribution in [1.82, 2.24) is 14.9 Å². The average molecular weight is 282 g/mol. The van der Waals surface area contributed by atoms with Gasteiger partial charge < -0.3 is 10.6 Å². The zero-order valence-corrected chi connectivity index (χ0v) is 11.8. The number of nitrogens with zero attached hydrogens (tertiary/aromatic N) is 4. The fourth-order valence-corrected chi connectivity index (χ4v) is 3.07. The lowest BCUT2D eigenvalue weighted by atomic mass is 10.0. The van der Waals surface area contributed by atoms with Crippen molar-refractivity contribution in [3.63, 3.8) is 0 Å². The molecule has 1 aromatic heterocycles. The van der Waals surface area contributed by atoms with Gasteiger partial charge in [-0.25, -0.2) is 9.97 Å². The number of anilines is 1. The van der Waals surface area contributed by atoms with Gasteiger partial charge in [0.1, 0.15) is 0 Å². The molecule has 5 nitrogen and oxygen atoms in total.